The van der Waals surface area contributed by atoms with Crippen molar-refractivity contribution in [2.75, 3.05) is 10.9 Å². The molecule has 0 saturated heterocycles. The van der Waals surface area contributed by atoms with Gasteiger partial charge in [-0.15, -0.1) is 0 Å². The molecule has 10 nitrogen and oxygen atoms in total. The van der Waals surface area contributed by atoms with E-state index in [2.05, 4.69) is 21.1 Å². The molecule has 0 bridgehead atoms. The Morgan fingerprint density at radius 1 is 0.633 bits per heavy atom. The van der Waals surface area contributed by atoms with Gasteiger partial charge in [-0.1, -0.05) is 24.3 Å². The van der Waals surface area contributed by atoms with Crippen molar-refractivity contribution in [1.82, 2.24) is 0 Å². The number of benzene rings is 3. The van der Waals surface area contributed by atoms with Gasteiger partial charge in [-0.25, -0.2) is 0 Å². The highest BCUT2D eigenvalue weighted by molar-refractivity contribution is 5.94. The predicted molar refractivity (Wildman–Crippen MR) is 115 cm³/mol. The third kappa shape index (κ3) is 5.45. The zero-order valence-electron chi connectivity index (χ0n) is 15.5. The van der Waals surface area contributed by atoms with E-state index < -0.39 is 9.85 Å². The first-order chi connectivity index (χ1) is 14.5. The largest absolute Gasteiger partial charge is 0.278 e. The van der Waals surface area contributed by atoms with Crippen molar-refractivity contribution in [3.8, 4) is 0 Å². The molecule has 3 aromatic rings. The third-order valence-corrected chi connectivity index (χ3v) is 3.95. The van der Waals surface area contributed by atoms with Crippen molar-refractivity contribution in [3.63, 3.8) is 0 Å². The van der Waals surface area contributed by atoms with Crippen LogP contribution in [-0.2, 0) is 0 Å². The maximum absolute atomic E-state index is 10.7. The maximum atomic E-state index is 10.7. The summed E-state index contributed by atoms with van der Waals surface area (Å²) < 4.78 is 0. The van der Waals surface area contributed by atoms with Crippen LogP contribution in [0.15, 0.2) is 83.0 Å². The predicted octanol–water partition coefficient (Wildman–Crippen LogP) is 4.40. The normalized spacial score (nSPS) is 10.9. The number of non-ortho nitro benzene ring substituents is 2. The van der Waals surface area contributed by atoms with Crippen LogP contribution in [-0.4, -0.2) is 22.3 Å². The lowest BCUT2D eigenvalue weighted by atomic mass is 10.1. The standard InChI is InChI=1S/C20H16N6O4/c27-25(28)19-9-5-17(6-10-19)23-21-13-15-3-1-2-4-16(15)14-22-24-18-7-11-20(12-8-18)26(29)30/h1-14,23-24H/b21-13-,22-14-. The molecule has 3 rings (SSSR count). The molecule has 0 aliphatic heterocycles. The van der Waals surface area contributed by atoms with Gasteiger partial charge in [-0.3, -0.25) is 31.1 Å². The summed E-state index contributed by atoms with van der Waals surface area (Å²) in [4.78, 5) is 20.4. The van der Waals surface area contributed by atoms with E-state index in [1.807, 2.05) is 24.3 Å². The Hall–Kier alpha value is -4.60. The number of nitro groups is 2. The molecule has 0 aliphatic carbocycles. The minimum Gasteiger partial charge on any atom is -0.278 e. The van der Waals surface area contributed by atoms with Gasteiger partial charge >= 0.3 is 0 Å². The Kier molecular flexibility index (Phi) is 6.41. The Morgan fingerprint density at radius 2 is 1.00 bits per heavy atom. The highest BCUT2D eigenvalue weighted by Crippen LogP contribution is 2.16. The molecule has 0 fully saturated rings. The summed E-state index contributed by atoms with van der Waals surface area (Å²) in [6.45, 7) is 0. The molecule has 30 heavy (non-hydrogen) atoms. The third-order valence-electron chi connectivity index (χ3n) is 3.95. The van der Waals surface area contributed by atoms with Crippen LogP contribution >= 0.6 is 0 Å². The lowest BCUT2D eigenvalue weighted by Gasteiger charge is -2.02. The van der Waals surface area contributed by atoms with Crippen LogP contribution in [0.2, 0.25) is 0 Å². The fourth-order valence-corrected chi connectivity index (χ4v) is 2.41. The Balaban J connectivity index is 1.63. The van der Waals surface area contributed by atoms with E-state index in [0.29, 0.717) is 11.4 Å². The van der Waals surface area contributed by atoms with Crippen molar-refractivity contribution in [1.29, 1.82) is 0 Å². The number of hydrogen-bond acceptors (Lipinski definition) is 8. The minimum absolute atomic E-state index is 0.00612. The van der Waals surface area contributed by atoms with E-state index >= 15 is 0 Å². The van der Waals surface area contributed by atoms with Gasteiger partial charge in [-0.2, -0.15) is 10.2 Å². The van der Waals surface area contributed by atoms with Gasteiger partial charge in [0.25, 0.3) is 11.4 Å². The molecule has 0 saturated carbocycles. The van der Waals surface area contributed by atoms with E-state index in [4.69, 9.17) is 0 Å². The summed E-state index contributed by atoms with van der Waals surface area (Å²) in [6.07, 6.45) is 3.21. The van der Waals surface area contributed by atoms with Crippen molar-refractivity contribution in [2.24, 2.45) is 10.2 Å². The summed E-state index contributed by atoms with van der Waals surface area (Å²) in [7, 11) is 0. The summed E-state index contributed by atoms with van der Waals surface area (Å²) in [5.74, 6) is 0. The zero-order chi connectivity index (χ0) is 21.3. The molecule has 0 aliphatic rings. The summed E-state index contributed by atoms with van der Waals surface area (Å²) in [6, 6.07) is 19.3. The summed E-state index contributed by atoms with van der Waals surface area (Å²) in [5, 5.41) is 29.7. The average Bonchev–Trinajstić information content (AvgIpc) is 2.75. The molecule has 0 aromatic heterocycles. The second-order valence-electron chi connectivity index (χ2n) is 5.98. The number of hydrogen-bond donors (Lipinski definition) is 2. The summed E-state index contributed by atoms with van der Waals surface area (Å²) in [5.41, 5.74) is 8.45. The molecular weight excluding hydrogens is 388 g/mol. The van der Waals surface area contributed by atoms with E-state index in [9.17, 15) is 20.2 Å². The Bertz CT molecular complexity index is 1010. The molecule has 2 N–H and O–H groups in total. The molecule has 3 aromatic carbocycles. The Morgan fingerprint density at radius 3 is 1.33 bits per heavy atom. The monoisotopic (exact) mass is 404 g/mol. The average molecular weight is 404 g/mol. The van der Waals surface area contributed by atoms with Gasteiger partial charge in [0.15, 0.2) is 0 Å². The molecule has 150 valence electrons. The van der Waals surface area contributed by atoms with Crippen LogP contribution in [0.5, 0.6) is 0 Å². The molecule has 10 heteroatoms. The van der Waals surface area contributed by atoms with Gasteiger partial charge in [0, 0.05) is 35.4 Å². The van der Waals surface area contributed by atoms with Crippen LogP contribution in [0.4, 0.5) is 22.7 Å². The SMILES string of the molecule is O=[N+]([O-])c1ccc(N/N=C\c2ccccc2/C=N\Nc2ccc([N+](=O)[O-])cc2)cc1. The van der Waals surface area contributed by atoms with Crippen LogP contribution in [0.3, 0.4) is 0 Å². The van der Waals surface area contributed by atoms with Crippen molar-refractivity contribution in [2.45, 2.75) is 0 Å². The first-order valence-corrected chi connectivity index (χ1v) is 8.69. The second kappa shape index (κ2) is 9.55. The van der Waals surface area contributed by atoms with Crippen LogP contribution in [0, 0.1) is 20.2 Å². The number of hydrazone groups is 2. The van der Waals surface area contributed by atoms with Crippen molar-refractivity contribution >= 4 is 35.2 Å². The Labute approximate surface area is 170 Å². The van der Waals surface area contributed by atoms with Crippen LogP contribution in [0.25, 0.3) is 0 Å². The molecule has 0 heterocycles. The zero-order valence-corrected chi connectivity index (χ0v) is 15.5. The second-order valence-corrected chi connectivity index (χ2v) is 5.98. The van der Waals surface area contributed by atoms with Gasteiger partial charge in [-0.05, 0) is 24.3 Å². The lowest BCUT2D eigenvalue weighted by Crippen LogP contribution is -1.97. The fraction of sp³-hybridized carbons (Fsp3) is 0. The number of nitrogens with one attached hydrogen (secondary N) is 2. The summed E-state index contributed by atoms with van der Waals surface area (Å²) >= 11 is 0. The topological polar surface area (TPSA) is 135 Å². The smallest absolute Gasteiger partial charge is 0.269 e. The van der Waals surface area contributed by atoms with Crippen LogP contribution in [0.1, 0.15) is 11.1 Å². The molecule has 0 amide bonds. The van der Waals surface area contributed by atoms with E-state index in [1.165, 1.54) is 24.3 Å². The van der Waals surface area contributed by atoms with Crippen molar-refractivity contribution in [3.05, 3.63) is 104 Å². The highest BCUT2D eigenvalue weighted by Gasteiger charge is 2.04. The van der Waals surface area contributed by atoms with Crippen molar-refractivity contribution < 1.29 is 9.85 Å². The number of nitrogens with zero attached hydrogens (tertiary/aromatic N) is 4. The van der Waals surface area contributed by atoms with E-state index in [-0.39, 0.29) is 11.4 Å². The van der Waals surface area contributed by atoms with Gasteiger partial charge < -0.3 is 0 Å². The van der Waals surface area contributed by atoms with E-state index in [1.54, 1.807) is 36.7 Å². The fourth-order valence-electron chi connectivity index (χ4n) is 2.41. The van der Waals surface area contributed by atoms with Gasteiger partial charge in [0.05, 0.1) is 33.7 Å². The first kappa shape index (κ1) is 20.1. The molecule has 0 radical (unpaired) electrons. The number of nitro benzene ring substituents is 2. The van der Waals surface area contributed by atoms with Gasteiger partial charge in [0.1, 0.15) is 0 Å². The first-order valence-electron chi connectivity index (χ1n) is 8.69. The minimum atomic E-state index is -0.465. The lowest BCUT2D eigenvalue weighted by molar-refractivity contribution is -0.385. The van der Waals surface area contributed by atoms with E-state index in [0.717, 1.165) is 11.1 Å². The highest BCUT2D eigenvalue weighted by atomic mass is 16.6. The molecule has 0 spiro atoms. The maximum Gasteiger partial charge on any atom is 0.269 e. The number of anilines is 2. The molecule has 0 atom stereocenters. The molecular formula is C20H16N6O4. The number of rotatable bonds is 8. The quantitative estimate of drug-likeness (QED) is 0.325. The van der Waals surface area contributed by atoms with Gasteiger partial charge in [0.2, 0.25) is 0 Å². The van der Waals surface area contributed by atoms with Crippen LogP contribution < -0.4 is 10.9 Å². The molecule has 0 unspecified atom stereocenters.